The Morgan fingerprint density at radius 2 is 1.47 bits per heavy atom. The van der Waals surface area contributed by atoms with Gasteiger partial charge in [-0.05, 0) is 60.6 Å². The molecule has 0 saturated carbocycles. The zero-order chi connectivity index (χ0) is 26.5. The number of hydrogen-bond acceptors (Lipinski definition) is 3. The van der Waals surface area contributed by atoms with E-state index in [2.05, 4.69) is 0 Å². The van der Waals surface area contributed by atoms with E-state index in [-0.39, 0.29) is 17.6 Å². The van der Waals surface area contributed by atoms with Crippen molar-refractivity contribution < 1.29 is 40.6 Å². The zero-order valence-electron chi connectivity index (χ0n) is 19.9. The highest BCUT2D eigenvalue weighted by Crippen LogP contribution is 2.60. The summed E-state index contributed by atoms with van der Waals surface area (Å²) < 4.78 is 100. The molecule has 0 spiro atoms. The average Bonchev–Trinajstić information content (AvgIpc) is 2.80. The van der Waals surface area contributed by atoms with E-state index in [4.69, 9.17) is 9.47 Å². The summed E-state index contributed by atoms with van der Waals surface area (Å²) in [6.45, 7) is 5.42. The highest BCUT2D eigenvalue weighted by Gasteiger charge is 2.65. The van der Waals surface area contributed by atoms with Crippen LogP contribution in [0.2, 0.25) is 0 Å². The van der Waals surface area contributed by atoms with Crippen LogP contribution in [-0.4, -0.2) is 12.6 Å². The Kier molecular flexibility index (Phi) is 6.47. The van der Waals surface area contributed by atoms with Gasteiger partial charge in [-0.3, -0.25) is 0 Å². The van der Waals surface area contributed by atoms with E-state index in [1.807, 2.05) is 19.9 Å². The number of halogens is 6. The Morgan fingerprint density at radius 3 is 1.97 bits per heavy atom. The van der Waals surface area contributed by atoms with Gasteiger partial charge in [0.15, 0.2) is 23.1 Å². The lowest BCUT2D eigenvalue weighted by Crippen LogP contribution is -2.41. The van der Waals surface area contributed by atoms with Gasteiger partial charge in [0.05, 0.1) is 23.3 Å². The Balaban J connectivity index is 1.74. The Morgan fingerprint density at radius 1 is 0.917 bits per heavy atom. The van der Waals surface area contributed by atoms with E-state index < -0.39 is 63.2 Å². The van der Waals surface area contributed by atoms with E-state index in [0.717, 1.165) is 37.1 Å². The maximum absolute atomic E-state index is 15.3. The molecule has 0 radical (unpaired) electrons. The fourth-order valence-corrected chi connectivity index (χ4v) is 4.67. The summed E-state index contributed by atoms with van der Waals surface area (Å²) in [6, 6.07) is 3.78. The summed E-state index contributed by atoms with van der Waals surface area (Å²) in [5, 5.41) is 0. The number of hydrogen-bond donors (Lipinski definition) is 0. The van der Waals surface area contributed by atoms with Crippen LogP contribution in [-0.2, 0) is 16.6 Å². The molecule has 2 aliphatic carbocycles. The minimum absolute atomic E-state index is 0.0823. The molecule has 36 heavy (non-hydrogen) atoms. The third-order valence-electron chi connectivity index (χ3n) is 6.54. The van der Waals surface area contributed by atoms with Gasteiger partial charge in [-0.2, -0.15) is 17.6 Å². The number of alkyl halides is 4. The van der Waals surface area contributed by atoms with Gasteiger partial charge in [-0.1, -0.05) is 38.5 Å². The van der Waals surface area contributed by atoms with Crippen LogP contribution in [0.15, 0.2) is 48.1 Å². The first-order valence-electron chi connectivity index (χ1n) is 11.5. The second kappa shape index (κ2) is 9.01. The fraction of sp³-hybridized carbons (Fsp3) is 0.370. The maximum atomic E-state index is 15.3. The quantitative estimate of drug-likeness (QED) is 0.226. The molecule has 0 fully saturated rings. The van der Waals surface area contributed by atoms with Gasteiger partial charge in [0.1, 0.15) is 0 Å². The smallest absolute Gasteiger partial charge is 0.343 e. The van der Waals surface area contributed by atoms with E-state index >= 15 is 13.2 Å². The number of fused-ring (bicyclic) bond motifs is 3. The van der Waals surface area contributed by atoms with Crippen molar-refractivity contribution >= 4 is 5.97 Å². The molecule has 1 atom stereocenters. The summed E-state index contributed by atoms with van der Waals surface area (Å²) in [6.07, 6.45) is 7.26. The summed E-state index contributed by atoms with van der Waals surface area (Å²) in [5.41, 5.74) is -4.55. The monoisotopic (exact) mass is 510 g/mol. The Bertz CT molecular complexity index is 1280. The molecule has 0 amide bonds. The molecule has 0 saturated heterocycles. The SMILES string of the molecule is CCCC1(C)C=CC(C(=O)Oc2ccc3c(c2F)C(F)(F)C(F)(F)c2c-3ccc(OCC)c2F)=CC1. The molecular formula is C27H24F6O3. The standard InChI is InChI=1S/C27H24F6O3/c1-4-12-25(3)13-10-15(11-14-25)24(34)36-19-9-7-17-16-6-8-18(35-5-2)22(28)20(16)26(30,31)27(32,33)21(17)23(19)29/h6-11,13H,4-5,12,14H2,1-3H3. The minimum atomic E-state index is -5.14. The summed E-state index contributed by atoms with van der Waals surface area (Å²) in [4.78, 5) is 12.6. The lowest BCUT2D eigenvalue weighted by molar-refractivity contribution is -0.228. The molecule has 0 N–H and O–H groups in total. The number of rotatable bonds is 6. The molecular weight excluding hydrogens is 486 g/mol. The van der Waals surface area contributed by atoms with Gasteiger partial charge in [0, 0.05) is 0 Å². The van der Waals surface area contributed by atoms with Crippen LogP contribution in [0.1, 0.15) is 51.2 Å². The number of carbonyl (C=O) groups is 1. The number of esters is 1. The lowest BCUT2D eigenvalue weighted by atomic mass is 9.78. The highest BCUT2D eigenvalue weighted by atomic mass is 19.3. The van der Waals surface area contributed by atoms with Crippen molar-refractivity contribution in [2.45, 2.75) is 51.9 Å². The predicted molar refractivity (Wildman–Crippen MR) is 121 cm³/mol. The van der Waals surface area contributed by atoms with Gasteiger partial charge in [0.2, 0.25) is 0 Å². The van der Waals surface area contributed by atoms with Crippen molar-refractivity contribution in [1.29, 1.82) is 0 Å². The van der Waals surface area contributed by atoms with Crippen molar-refractivity contribution in [3.63, 3.8) is 0 Å². The van der Waals surface area contributed by atoms with Gasteiger partial charge in [-0.25, -0.2) is 13.6 Å². The topological polar surface area (TPSA) is 35.5 Å². The molecule has 1 unspecified atom stereocenters. The number of allylic oxidation sites excluding steroid dienone is 2. The van der Waals surface area contributed by atoms with Crippen molar-refractivity contribution in [2.24, 2.45) is 5.41 Å². The van der Waals surface area contributed by atoms with Crippen molar-refractivity contribution in [2.75, 3.05) is 6.61 Å². The second-order valence-corrected chi connectivity index (χ2v) is 9.17. The molecule has 0 heterocycles. The molecule has 4 rings (SSSR count). The highest BCUT2D eigenvalue weighted by molar-refractivity contribution is 5.93. The molecule has 192 valence electrons. The molecule has 3 nitrogen and oxygen atoms in total. The second-order valence-electron chi connectivity index (χ2n) is 9.17. The first-order valence-corrected chi connectivity index (χ1v) is 11.5. The predicted octanol–water partition coefficient (Wildman–Crippen LogP) is 7.83. The van der Waals surface area contributed by atoms with Crippen LogP contribution >= 0.6 is 0 Å². The normalized spacial score (nSPS) is 21.3. The average molecular weight is 510 g/mol. The Hall–Kier alpha value is -3.23. The van der Waals surface area contributed by atoms with Crippen LogP contribution in [0.5, 0.6) is 11.5 Å². The van der Waals surface area contributed by atoms with Crippen LogP contribution in [0.4, 0.5) is 26.3 Å². The van der Waals surface area contributed by atoms with Crippen LogP contribution in [0.3, 0.4) is 0 Å². The molecule has 0 aliphatic heterocycles. The third kappa shape index (κ3) is 3.98. The van der Waals surface area contributed by atoms with Gasteiger partial charge in [0.25, 0.3) is 0 Å². The minimum Gasteiger partial charge on any atom is -0.491 e. The number of benzene rings is 2. The number of ether oxygens (including phenoxy) is 2. The molecule has 0 aromatic heterocycles. The molecule has 0 bridgehead atoms. The summed E-state index contributed by atoms with van der Waals surface area (Å²) in [7, 11) is 0. The van der Waals surface area contributed by atoms with E-state index in [0.29, 0.717) is 6.42 Å². The van der Waals surface area contributed by atoms with Crippen LogP contribution in [0, 0.1) is 17.0 Å². The first-order chi connectivity index (χ1) is 16.9. The fourth-order valence-electron chi connectivity index (χ4n) is 4.67. The van der Waals surface area contributed by atoms with E-state index in [1.54, 1.807) is 6.08 Å². The van der Waals surface area contributed by atoms with Gasteiger partial charge in [-0.15, -0.1) is 0 Å². The van der Waals surface area contributed by atoms with Gasteiger partial charge >= 0.3 is 17.8 Å². The van der Waals surface area contributed by atoms with Gasteiger partial charge < -0.3 is 9.47 Å². The van der Waals surface area contributed by atoms with E-state index in [9.17, 15) is 18.0 Å². The maximum Gasteiger partial charge on any atom is 0.343 e. The Labute approximate surface area is 204 Å². The summed E-state index contributed by atoms with van der Waals surface area (Å²) in [5.74, 6) is -16.3. The molecule has 9 heteroatoms. The molecule has 2 aliphatic rings. The van der Waals surface area contributed by atoms with Crippen molar-refractivity contribution in [3.05, 3.63) is 70.8 Å². The van der Waals surface area contributed by atoms with E-state index in [1.165, 1.54) is 13.0 Å². The largest absolute Gasteiger partial charge is 0.491 e. The summed E-state index contributed by atoms with van der Waals surface area (Å²) >= 11 is 0. The number of carbonyl (C=O) groups excluding carboxylic acids is 1. The molecule has 2 aromatic carbocycles. The van der Waals surface area contributed by atoms with Crippen LogP contribution in [0.25, 0.3) is 11.1 Å². The zero-order valence-corrected chi connectivity index (χ0v) is 19.9. The van der Waals surface area contributed by atoms with Crippen molar-refractivity contribution in [1.82, 2.24) is 0 Å². The third-order valence-corrected chi connectivity index (χ3v) is 6.54. The van der Waals surface area contributed by atoms with Crippen molar-refractivity contribution in [3.8, 4) is 22.6 Å². The van der Waals surface area contributed by atoms with Crippen LogP contribution < -0.4 is 9.47 Å². The lowest BCUT2D eigenvalue weighted by Gasteiger charge is -2.35. The first kappa shape index (κ1) is 25.9. The molecule has 2 aromatic rings.